The van der Waals surface area contributed by atoms with E-state index in [2.05, 4.69) is 10.3 Å². The van der Waals surface area contributed by atoms with Crippen LogP contribution < -0.4 is 10.1 Å². The SMILES string of the molecule is Cc1cccc(C)c1OCC(=O)N[C@@H](Cc1ccccc1)C[C@H](O)[C@H](Cc1ccccc1)N(Cc1cncs1)C(=O)O. The van der Waals surface area contributed by atoms with Gasteiger partial charge < -0.3 is 20.3 Å². The third kappa shape index (κ3) is 8.89. The zero-order chi connectivity index (χ0) is 29.9. The minimum Gasteiger partial charge on any atom is -0.483 e. The van der Waals surface area contributed by atoms with Crippen molar-refractivity contribution in [3.8, 4) is 5.75 Å². The second-order valence-electron chi connectivity index (χ2n) is 10.4. The van der Waals surface area contributed by atoms with Gasteiger partial charge in [0.1, 0.15) is 5.75 Å². The number of ether oxygens (including phenoxy) is 1. The van der Waals surface area contributed by atoms with Crippen LogP contribution in [0.25, 0.3) is 0 Å². The van der Waals surface area contributed by atoms with Crippen LogP contribution in [0.3, 0.4) is 0 Å². The molecule has 220 valence electrons. The molecule has 0 radical (unpaired) electrons. The van der Waals surface area contributed by atoms with Crippen LogP contribution in [-0.2, 0) is 24.2 Å². The molecule has 1 aromatic heterocycles. The number of aryl methyl sites for hydroxylation is 2. The fraction of sp³-hybridized carbons (Fsp3) is 0.303. The second kappa shape index (κ2) is 15.1. The van der Waals surface area contributed by atoms with Crippen molar-refractivity contribution in [2.75, 3.05) is 6.61 Å². The lowest BCUT2D eigenvalue weighted by molar-refractivity contribution is -0.124. The van der Waals surface area contributed by atoms with Crippen LogP contribution in [-0.4, -0.2) is 56.9 Å². The highest BCUT2D eigenvalue weighted by atomic mass is 32.1. The zero-order valence-corrected chi connectivity index (χ0v) is 24.7. The molecular formula is C33H37N3O5S. The standard InChI is InChI=1S/C33H37N3O5S/c1-23-10-9-11-24(2)32(23)41-21-31(38)35-27(16-25-12-5-3-6-13-25)18-30(37)29(17-26-14-7-4-8-15-26)36(33(39)40)20-28-19-34-22-42-28/h3-15,19,22,27,29-30,37H,16-18,20-21H2,1-2H3,(H,35,38)(H,39,40)/t27-,29-,30-/m0/s1. The van der Waals surface area contributed by atoms with Gasteiger partial charge in [0.25, 0.3) is 5.91 Å². The molecule has 0 bridgehead atoms. The van der Waals surface area contributed by atoms with Crippen LogP contribution in [0.5, 0.6) is 5.75 Å². The summed E-state index contributed by atoms with van der Waals surface area (Å²) < 4.78 is 5.88. The van der Waals surface area contributed by atoms with Crippen molar-refractivity contribution in [1.29, 1.82) is 0 Å². The van der Waals surface area contributed by atoms with Crippen molar-refractivity contribution < 1.29 is 24.5 Å². The Labute approximate surface area is 250 Å². The first-order valence-electron chi connectivity index (χ1n) is 13.9. The maximum Gasteiger partial charge on any atom is 0.407 e. The van der Waals surface area contributed by atoms with Crippen LogP contribution in [0.15, 0.2) is 90.6 Å². The number of nitrogens with zero attached hydrogens (tertiary/aromatic N) is 2. The van der Waals surface area contributed by atoms with E-state index in [9.17, 15) is 19.8 Å². The first kappa shape index (κ1) is 30.7. The molecule has 0 saturated carbocycles. The fourth-order valence-electron chi connectivity index (χ4n) is 5.10. The van der Waals surface area contributed by atoms with Crippen LogP contribution >= 0.6 is 11.3 Å². The molecule has 0 aliphatic heterocycles. The van der Waals surface area contributed by atoms with Crippen molar-refractivity contribution in [3.05, 3.63) is 118 Å². The minimum atomic E-state index is -1.13. The number of carbonyl (C=O) groups is 2. The Bertz CT molecular complexity index is 1400. The topological polar surface area (TPSA) is 112 Å². The van der Waals surface area contributed by atoms with Crippen molar-refractivity contribution in [3.63, 3.8) is 0 Å². The second-order valence-corrected chi connectivity index (χ2v) is 11.4. The maximum absolute atomic E-state index is 13.1. The Kier molecular flexibility index (Phi) is 11.1. The van der Waals surface area contributed by atoms with Gasteiger partial charge in [-0.2, -0.15) is 0 Å². The first-order valence-corrected chi connectivity index (χ1v) is 14.8. The largest absolute Gasteiger partial charge is 0.483 e. The third-order valence-electron chi connectivity index (χ3n) is 7.16. The molecule has 0 aliphatic carbocycles. The number of hydrogen-bond donors (Lipinski definition) is 3. The molecule has 2 amide bonds. The summed E-state index contributed by atoms with van der Waals surface area (Å²) in [6.07, 6.45) is 0.369. The summed E-state index contributed by atoms with van der Waals surface area (Å²) in [4.78, 5) is 31.7. The Balaban J connectivity index is 1.54. The van der Waals surface area contributed by atoms with Gasteiger partial charge in [-0.3, -0.25) is 14.7 Å². The predicted molar refractivity (Wildman–Crippen MR) is 164 cm³/mol. The van der Waals surface area contributed by atoms with Crippen LogP contribution in [0.1, 0.15) is 33.6 Å². The van der Waals surface area contributed by atoms with E-state index < -0.39 is 24.3 Å². The number of rotatable bonds is 14. The summed E-state index contributed by atoms with van der Waals surface area (Å²) in [5.41, 5.74) is 5.44. The fourth-order valence-corrected chi connectivity index (χ4v) is 5.69. The van der Waals surface area contributed by atoms with Crippen molar-refractivity contribution in [2.45, 2.75) is 57.8 Å². The normalized spacial score (nSPS) is 13.1. The number of para-hydroxylation sites is 1. The minimum absolute atomic E-state index is 0.105. The number of thiazole rings is 1. The maximum atomic E-state index is 13.1. The van der Waals surface area contributed by atoms with E-state index in [-0.39, 0.29) is 25.5 Å². The van der Waals surface area contributed by atoms with E-state index in [0.29, 0.717) is 18.6 Å². The number of aliphatic hydroxyl groups excluding tert-OH is 1. The zero-order valence-electron chi connectivity index (χ0n) is 23.8. The van der Waals surface area contributed by atoms with Gasteiger partial charge in [-0.25, -0.2) is 4.79 Å². The molecule has 1 heterocycles. The van der Waals surface area contributed by atoms with Gasteiger partial charge in [0, 0.05) is 17.1 Å². The molecule has 8 nitrogen and oxygen atoms in total. The lowest BCUT2D eigenvalue weighted by Crippen LogP contribution is -2.50. The number of nitrogens with one attached hydrogen (secondary N) is 1. The number of aromatic nitrogens is 1. The summed E-state index contributed by atoms with van der Waals surface area (Å²) in [7, 11) is 0. The van der Waals surface area contributed by atoms with Crippen LogP contribution in [0, 0.1) is 13.8 Å². The van der Waals surface area contributed by atoms with Gasteiger partial charge in [0.15, 0.2) is 6.61 Å². The highest BCUT2D eigenvalue weighted by Crippen LogP contribution is 2.23. The summed E-state index contributed by atoms with van der Waals surface area (Å²) in [6, 6.07) is 23.8. The molecule has 4 rings (SSSR count). The Hall–Kier alpha value is -4.21. The number of hydrogen-bond acceptors (Lipinski definition) is 6. The van der Waals surface area contributed by atoms with Gasteiger partial charge in [0.2, 0.25) is 0 Å². The van der Waals surface area contributed by atoms with E-state index in [1.807, 2.05) is 92.7 Å². The number of aliphatic hydroxyl groups is 1. The molecule has 3 aromatic carbocycles. The Morgan fingerprint density at radius 1 is 0.929 bits per heavy atom. The lowest BCUT2D eigenvalue weighted by atomic mass is 9.92. The number of amides is 2. The summed E-state index contributed by atoms with van der Waals surface area (Å²) in [6.45, 7) is 3.80. The molecule has 0 fully saturated rings. The van der Waals surface area contributed by atoms with Crippen LogP contribution in [0.4, 0.5) is 4.79 Å². The van der Waals surface area contributed by atoms with Gasteiger partial charge in [-0.15, -0.1) is 11.3 Å². The summed E-state index contributed by atoms with van der Waals surface area (Å²) in [5, 5.41) is 24.9. The van der Waals surface area contributed by atoms with Gasteiger partial charge in [-0.05, 0) is 55.4 Å². The highest BCUT2D eigenvalue weighted by Gasteiger charge is 2.32. The average molecular weight is 588 g/mol. The van der Waals surface area contributed by atoms with E-state index in [4.69, 9.17) is 4.74 Å². The van der Waals surface area contributed by atoms with E-state index in [0.717, 1.165) is 27.1 Å². The van der Waals surface area contributed by atoms with Crippen molar-refractivity contribution >= 4 is 23.3 Å². The quantitative estimate of drug-likeness (QED) is 0.182. The number of carbonyl (C=O) groups excluding carboxylic acids is 1. The molecule has 0 unspecified atom stereocenters. The van der Waals surface area contributed by atoms with Gasteiger partial charge >= 0.3 is 6.09 Å². The molecular weight excluding hydrogens is 550 g/mol. The third-order valence-corrected chi connectivity index (χ3v) is 7.92. The lowest BCUT2D eigenvalue weighted by Gasteiger charge is -2.34. The van der Waals surface area contributed by atoms with E-state index in [1.54, 1.807) is 11.7 Å². The first-order chi connectivity index (χ1) is 20.3. The van der Waals surface area contributed by atoms with Gasteiger partial charge in [0.05, 0.1) is 24.2 Å². The molecule has 0 spiro atoms. The Morgan fingerprint density at radius 2 is 1.55 bits per heavy atom. The smallest absolute Gasteiger partial charge is 0.407 e. The molecule has 0 saturated heterocycles. The average Bonchev–Trinajstić information content (AvgIpc) is 3.49. The molecule has 42 heavy (non-hydrogen) atoms. The van der Waals surface area contributed by atoms with E-state index in [1.165, 1.54) is 16.2 Å². The molecule has 9 heteroatoms. The van der Waals surface area contributed by atoms with Gasteiger partial charge in [-0.1, -0.05) is 78.9 Å². The van der Waals surface area contributed by atoms with Crippen molar-refractivity contribution in [1.82, 2.24) is 15.2 Å². The molecule has 0 aliphatic rings. The molecule has 3 N–H and O–H groups in total. The number of benzene rings is 3. The number of carboxylic acid groups (broad SMARTS) is 1. The van der Waals surface area contributed by atoms with Crippen molar-refractivity contribution in [2.24, 2.45) is 0 Å². The highest BCUT2D eigenvalue weighted by molar-refractivity contribution is 7.09. The van der Waals surface area contributed by atoms with E-state index >= 15 is 0 Å². The Morgan fingerprint density at radius 3 is 2.12 bits per heavy atom. The summed E-state index contributed by atoms with van der Waals surface area (Å²) in [5.74, 6) is 0.362. The molecule has 3 atom stereocenters. The monoisotopic (exact) mass is 587 g/mol. The van der Waals surface area contributed by atoms with Crippen LogP contribution in [0.2, 0.25) is 0 Å². The summed E-state index contributed by atoms with van der Waals surface area (Å²) >= 11 is 1.37. The predicted octanol–water partition coefficient (Wildman–Crippen LogP) is 5.41. The molecule has 4 aromatic rings.